The van der Waals surface area contributed by atoms with E-state index in [9.17, 15) is 9.90 Å². The number of aromatic nitrogens is 2. The summed E-state index contributed by atoms with van der Waals surface area (Å²) in [6.45, 7) is 10.2. The van der Waals surface area contributed by atoms with Crippen LogP contribution < -0.4 is 5.32 Å². The van der Waals surface area contributed by atoms with Gasteiger partial charge in [0.1, 0.15) is 29.0 Å². The van der Waals surface area contributed by atoms with Crippen LogP contribution in [0.1, 0.15) is 71.6 Å². The molecule has 0 saturated carbocycles. The Bertz CT molecular complexity index is 1300. The molecule has 1 amide bonds. The molecule has 0 aliphatic heterocycles. The third-order valence-corrected chi connectivity index (χ3v) is 6.33. The normalized spacial score (nSPS) is 13.3. The zero-order chi connectivity index (χ0) is 25.1. The highest BCUT2D eigenvalue weighted by molar-refractivity contribution is 5.83. The molecule has 1 aromatic carbocycles. The third-order valence-electron chi connectivity index (χ3n) is 6.33. The second-order valence-corrected chi connectivity index (χ2v) is 9.38. The highest BCUT2D eigenvalue weighted by atomic mass is 16.5. The minimum atomic E-state index is -0.958. The van der Waals surface area contributed by atoms with Gasteiger partial charge >= 0.3 is 0 Å². The molecule has 4 aromatic rings. The van der Waals surface area contributed by atoms with E-state index in [4.69, 9.17) is 13.4 Å². The van der Waals surface area contributed by atoms with Gasteiger partial charge in [-0.25, -0.2) is 4.98 Å². The summed E-state index contributed by atoms with van der Waals surface area (Å²) in [7, 11) is 0. The molecule has 0 radical (unpaired) electrons. The lowest BCUT2D eigenvalue weighted by molar-refractivity contribution is -0.120. The Balaban J connectivity index is 1.27. The van der Waals surface area contributed by atoms with Crippen molar-refractivity contribution in [2.75, 3.05) is 6.54 Å². The number of benzene rings is 1. The fourth-order valence-electron chi connectivity index (χ4n) is 4.50. The van der Waals surface area contributed by atoms with Gasteiger partial charge in [-0.15, -0.1) is 0 Å². The maximum Gasteiger partial charge on any atom is 0.224 e. The van der Waals surface area contributed by atoms with Gasteiger partial charge in [0.05, 0.1) is 23.4 Å². The number of hydrogen-bond donors (Lipinski definition) is 2. The lowest BCUT2D eigenvalue weighted by atomic mass is 9.99. The Labute approximate surface area is 204 Å². The third kappa shape index (κ3) is 5.82. The van der Waals surface area contributed by atoms with Crippen molar-refractivity contribution in [1.29, 1.82) is 0 Å². The van der Waals surface area contributed by atoms with Crippen molar-refractivity contribution in [1.82, 2.24) is 15.5 Å². The van der Waals surface area contributed by atoms with Crippen LogP contribution in [0.25, 0.3) is 11.0 Å². The molecular formula is C27H33N3O5. The summed E-state index contributed by atoms with van der Waals surface area (Å²) in [5, 5.41) is 18.5. The number of hydrogen-bond acceptors (Lipinski definition) is 7. The molecule has 2 N–H and O–H groups in total. The number of aryl methyl sites for hydroxylation is 4. The monoisotopic (exact) mass is 479 g/mol. The van der Waals surface area contributed by atoms with Crippen LogP contribution in [0.5, 0.6) is 0 Å². The topological polar surface area (TPSA) is 115 Å². The summed E-state index contributed by atoms with van der Waals surface area (Å²) in [6.07, 6.45) is 2.12. The number of amides is 1. The maximum atomic E-state index is 12.5. The van der Waals surface area contributed by atoms with E-state index < -0.39 is 6.10 Å². The Morgan fingerprint density at radius 3 is 2.60 bits per heavy atom. The Kier molecular flexibility index (Phi) is 7.40. The van der Waals surface area contributed by atoms with E-state index in [1.165, 1.54) is 0 Å². The van der Waals surface area contributed by atoms with Gasteiger partial charge in [0.25, 0.3) is 0 Å². The molecule has 3 heterocycles. The second-order valence-electron chi connectivity index (χ2n) is 9.38. The molecule has 8 heteroatoms. The number of furan rings is 1. The molecule has 2 atom stereocenters. The molecule has 0 spiro atoms. The first-order chi connectivity index (χ1) is 16.7. The van der Waals surface area contributed by atoms with E-state index in [-0.39, 0.29) is 12.3 Å². The largest absolute Gasteiger partial charge is 0.458 e. The van der Waals surface area contributed by atoms with E-state index in [2.05, 4.69) is 22.4 Å². The fourth-order valence-corrected chi connectivity index (χ4v) is 4.50. The molecule has 186 valence electrons. The molecule has 8 nitrogen and oxygen atoms in total. The first-order valence-electron chi connectivity index (χ1n) is 12.0. The Morgan fingerprint density at radius 2 is 1.91 bits per heavy atom. The van der Waals surface area contributed by atoms with Crippen LogP contribution in [0.3, 0.4) is 0 Å². The number of nitrogens with one attached hydrogen (secondary N) is 1. The van der Waals surface area contributed by atoms with Gasteiger partial charge in [0.15, 0.2) is 5.89 Å². The van der Waals surface area contributed by atoms with Gasteiger partial charge in [-0.2, -0.15) is 0 Å². The quantitative estimate of drug-likeness (QED) is 0.306. The van der Waals surface area contributed by atoms with E-state index in [0.717, 1.165) is 41.7 Å². The van der Waals surface area contributed by atoms with Crippen LogP contribution in [0, 0.1) is 33.6 Å². The number of oxazole rings is 1. The van der Waals surface area contributed by atoms with Crippen LogP contribution in [0.4, 0.5) is 0 Å². The SMILES string of the molecule is Cc1nc(CC(C)CCCNC(=O)Cc2ccc3oc(C(O)c4c(C)noc4C)cc3c2)c(C)o1. The number of aliphatic hydroxyl groups excluding tert-OH is 1. The first kappa shape index (κ1) is 24.7. The maximum absolute atomic E-state index is 12.5. The van der Waals surface area contributed by atoms with Crippen LogP contribution in [0.2, 0.25) is 0 Å². The van der Waals surface area contributed by atoms with E-state index in [1.54, 1.807) is 19.9 Å². The number of aliphatic hydroxyl groups is 1. The number of carbonyl (C=O) groups excluding carboxylic acids is 1. The molecule has 0 fully saturated rings. The number of rotatable bonds is 10. The van der Waals surface area contributed by atoms with Crippen LogP contribution in [0.15, 0.2) is 37.6 Å². The molecule has 0 saturated heterocycles. The average molecular weight is 480 g/mol. The van der Waals surface area contributed by atoms with Gasteiger partial charge in [-0.1, -0.05) is 18.1 Å². The summed E-state index contributed by atoms with van der Waals surface area (Å²) < 4.78 is 16.5. The first-order valence-corrected chi connectivity index (χ1v) is 12.0. The van der Waals surface area contributed by atoms with Crippen molar-refractivity contribution < 1.29 is 23.3 Å². The number of carbonyl (C=O) groups is 1. The Morgan fingerprint density at radius 1 is 1.11 bits per heavy atom. The highest BCUT2D eigenvalue weighted by Gasteiger charge is 2.23. The van der Waals surface area contributed by atoms with E-state index >= 15 is 0 Å². The molecule has 0 aliphatic carbocycles. The van der Waals surface area contributed by atoms with Crippen molar-refractivity contribution in [2.24, 2.45) is 5.92 Å². The minimum absolute atomic E-state index is 0.0144. The number of fused-ring (bicyclic) bond motifs is 1. The smallest absolute Gasteiger partial charge is 0.224 e. The van der Waals surface area contributed by atoms with Crippen LogP contribution in [-0.4, -0.2) is 27.7 Å². The average Bonchev–Trinajstić information content (AvgIpc) is 3.47. The Hall–Kier alpha value is -3.39. The van der Waals surface area contributed by atoms with E-state index in [1.807, 2.05) is 32.0 Å². The van der Waals surface area contributed by atoms with Crippen molar-refractivity contribution in [3.63, 3.8) is 0 Å². The minimum Gasteiger partial charge on any atom is -0.458 e. The van der Waals surface area contributed by atoms with E-state index in [0.29, 0.717) is 46.7 Å². The summed E-state index contributed by atoms with van der Waals surface area (Å²) in [5.41, 5.74) is 3.81. The van der Waals surface area contributed by atoms with Crippen LogP contribution in [-0.2, 0) is 17.6 Å². The molecule has 35 heavy (non-hydrogen) atoms. The summed E-state index contributed by atoms with van der Waals surface area (Å²) in [6, 6.07) is 7.43. The fraction of sp³-hybridized carbons (Fsp3) is 0.444. The second kappa shape index (κ2) is 10.5. The van der Waals surface area contributed by atoms with Crippen molar-refractivity contribution >= 4 is 16.9 Å². The van der Waals surface area contributed by atoms with Gasteiger partial charge in [0.2, 0.25) is 5.91 Å². The molecule has 2 unspecified atom stereocenters. The standard InChI is InChI=1S/C27H33N3O5/c1-15(11-22-17(3)33-19(5)29-22)7-6-10-28-25(31)13-20-8-9-23-21(12-20)14-24(34-23)27(32)26-16(2)30-35-18(26)4/h8-9,12,14-15,27,32H,6-7,10-11,13H2,1-5H3,(H,28,31). The lowest BCUT2D eigenvalue weighted by Gasteiger charge is -2.10. The predicted molar refractivity (Wildman–Crippen MR) is 131 cm³/mol. The van der Waals surface area contributed by atoms with Gasteiger partial charge in [-0.05, 0) is 69.7 Å². The lowest BCUT2D eigenvalue weighted by Crippen LogP contribution is -2.26. The summed E-state index contributed by atoms with van der Waals surface area (Å²) in [4.78, 5) is 16.9. The van der Waals surface area contributed by atoms with Crippen molar-refractivity contribution in [3.05, 3.63) is 70.0 Å². The van der Waals surface area contributed by atoms with Gasteiger partial charge in [0, 0.05) is 18.9 Å². The highest BCUT2D eigenvalue weighted by Crippen LogP contribution is 2.32. The zero-order valence-electron chi connectivity index (χ0n) is 21.0. The summed E-state index contributed by atoms with van der Waals surface area (Å²) >= 11 is 0. The van der Waals surface area contributed by atoms with Crippen molar-refractivity contribution in [2.45, 2.75) is 66.4 Å². The molecule has 0 bridgehead atoms. The van der Waals surface area contributed by atoms with Crippen LogP contribution >= 0.6 is 0 Å². The molecule has 0 aliphatic rings. The number of nitrogens with zero attached hydrogens (tertiary/aromatic N) is 2. The molecule has 3 aromatic heterocycles. The molecular weight excluding hydrogens is 446 g/mol. The van der Waals surface area contributed by atoms with Crippen molar-refractivity contribution in [3.8, 4) is 0 Å². The van der Waals surface area contributed by atoms with Gasteiger partial charge < -0.3 is 23.8 Å². The zero-order valence-corrected chi connectivity index (χ0v) is 21.0. The van der Waals surface area contributed by atoms with Gasteiger partial charge in [-0.3, -0.25) is 4.79 Å². The summed E-state index contributed by atoms with van der Waals surface area (Å²) in [5.74, 6) is 3.03. The predicted octanol–water partition coefficient (Wildman–Crippen LogP) is 5.04. The molecule has 4 rings (SSSR count).